The molecule has 0 spiro atoms. The standard InChI is InChI=1S/C13H12BrN3O/c1-9(5-4-8-15)13-16-12(17-18-13)10-6-2-3-7-11(10)14/h2-3,6-7,9H,4-5H2,1H3. The number of rotatable bonds is 4. The van der Waals surface area contributed by atoms with Crippen LogP contribution in [-0.2, 0) is 0 Å². The molecule has 18 heavy (non-hydrogen) atoms. The van der Waals surface area contributed by atoms with Crippen LogP contribution in [-0.4, -0.2) is 10.1 Å². The summed E-state index contributed by atoms with van der Waals surface area (Å²) in [6, 6.07) is 9.84. The molecule has 1 aromatic heterocycles. The number of nitriles is 1. The van der Waals surface area contributed by atoms with Gasteiger partial charge in [0.25, 0.3) is 0 Å². The number of hydrogen-bond donors (Lipinski definition) is 0. The smallest absolute Gasteiger partial charge is 0.229 e. The van der Waals surface area contributed by atoms with Gasteiger partial charge in [-0.2, -0.15) is 10.2 Å². The van der Waals surface area contributed by atoms with Gasteiger partial charge in [0.1, 0.15) is 0 Å². The fourth-order valence-corrected chi connectivity index (χ4v) is 2.05. The Kier molecular flexibility index (Phi) is 4.11. The van der Waals surface area contributed by atoms with E-state index in [1.807, 2.05) is 31.2 Å². The van der Waals surface area contributed by atoms with Crippen molar-refractivity contribution in [2.75, 3.05) is 0 Å². The zero-order valence-electron chi connectivity index (χ0n) is 9.93. The van der Waals surface area contributed by atoms with Crippen LogP contribution in [0.15, 0.2) is 33.3 Å². The highest BCUT2D eigenvalue weighted by atomic mass is 79.9. The summed E-state index contributed by atoms with van der Waals surface area (Å²) in [7, 11) is 0. The molecule has 0 fully saturated rings. The minimum absolute atomic E-state index is 0.105. The Labute approximate surface area is 114 Å². The Bertz CT molecular complexity index is 574. The predicted molar refractivity (Wildman–Crippen MR) is 70.7 cm³/mol. The van der Waals surface area contributed by atoms with E-state index in [1.54, 1.807) is 0 Å². The van der Waals surface area contributed by atoms with E-state index >= 15 is 0 Å². The van der Waals surface area contributed by atoms with Gasteiger partial charge < -0.3 is 4.52 Å². The zero-order chi connectivity index (χ0) is 13.0. The second kappa shape index (κ2) is 5.78. The molecule has 5 heteroatoms. The van der Waals surface area contributed by atoms with Crippen LogP contribution in [0.5, 0.6) is 0 Å². The molecule has 1 aromatic carbocycles. The third kappa shape index (κ3) is 2.77. The molecule has 0 aliphatic rings. The van der Waals surface area contributed by atoms with Crippen LogP contribution in [0.25, 0.3) is 11.4 Å². The van der Waals surface area contributed by atoms with Gasteiger partial charge in [0.15, 0.2) is 0 Å². The Morgan fingerprint density at radius 2 is 2.22 bits per heavy atom. The summed E-state index contributed by atoms with van der Waals surface area (Å²) >= 11 is 3.46. The van der Waals surface area contributed by atoms with Gasteiger partial charge in [-0.1, -0.05) is 40.1 Å². The van der Waals surface area contributed by atoms with Crippen LogP contribution in [0.2, 0.25) is 0 Å². The van der Waals surface area contributed by atoms with Crippen molar-refractivity contribution in [2.45, 2.75) is 25.7 Å². The minimum Gasteiger partial charge on any atom is -0.339 e. The molecular formula is C13H12BrN3O. The Morgan fingerprint density at radius 3 is 2.94 bits per heavy atom. The van der Waals surface area contributed by atoms with Crippen LogP contribution in [0.3, 0.4) is 0 Å². The Morgan fingerprint density at radius 1 is 1.44 bits per heavy atom. The molecule has 4 nitrogen and oxygen atoms in total. The van der Waals surface area contributed by atoms with Crippen molar-refractivity contribution in [2.24, 2.45) is 0 Å². The molecule has 0 bridgehead atoms. The van der Waals surface area contributed by atoms with Crippen LogP contribution in [0.1, 0.15) is 31.6 Å². The SMILES string of the molecule is CC(CCC#N)c1nc(-c2ccccc2Br)no1. The van der Waals surface area contributed by atoms with Crippen LogP contribution >= 0.6 is 15.9 Å². The molecule has 0 radical (unpaired) electrons. The second-order valence-electron chi connectivity index (χ2n) is 4.03. The predicted octanol–water partition coefficient (Wildman–Crippen LogP) is 3.91. The lowest BCUT2D eigenvalue weighted by molar-refractivity contribution is 0.355. The average Bonchev–Trinajstić information content (AvgIpc) is 2.86. The quantitative estimate of drug-likeness (QED) is 0.859. The van der Waals surface area contributed by atoms with Crippen LogP contribution < -0.4 is 0 Å². The van der Waals surface area contributed by atoms with E-state index in [0.717, 1.165) is 16.5 Å². The summed E-state index contributed by atoms with van der Waals surface area (Å²) in [6.45, 7) is 1.98. The fraction of sp³-hybridized carbons (Fsp3) is 0.308. The molecule has 0 amide bonds. The molecular weight excluding hydrogens is 294 g/mol. The first kappa shape index (κ1) is 12.8. The molecule has 1 atom stereocenters. The summed E-state index contributed by atoms with van der Waals surface area (Å²) in [5.41, 5.74) is 0.903. The number of aromatic nitrogens is 2. The van der Waals surface area contributed by atoms with Crippen LogP contribution in [0.4, 0.5) is 0 Å². The lowest BCUT2D eigenvalue weighted by Gasteiger charge is -2.01. The number of hydrogen-bond acceptors (Lipinski definition) is 4. The minimum atomic E-state index is 0.105. The highest BCUT2D eigenvalue weighted by Gasteiger charge is 2.16. The van der Waals surface area contributed by atoms with E-state index in [9.17, 15) is 0 Å². The maximum absolute atomic E-state index is 8.56. The van der Waals surface area contributed by atoms with E-state index < -0.39 is 0 Å². The lowest BCUT2D eigenvalue weighted by Crippen LogP contribution is -1.93. The van der Waals surface area contributed by atoms with Gasteiger partial charge in [0.05, 0.1) is 6.07 Å². The van der Waals surface area contributed by atoms with Crippen LogP contribution in [0, 0.1) is 11.3 Å². The first-order chi connectivity index (χ1) is 8.72. The van der Waals surface area contributed by atoms with E-state index in [4.69, 9.17) is 9.78 Å². The van der Waals surface area contributed by atoms with Crippen molar-refractivity contribution in [3.05, 3.63) is 34.6 Å². The molecule has 2 rings (SSSR count). The summed E-state index contributed by atoms with van der Waals surface area (Å²) < 4.78 is 6.17. The fourth-order valence-electron chi connectivity index (χ4n) is 1.59. The largest absolute Gasteiger partial charge is 0.339 e. The van der Waals surface area contributed by atoms with E-state index in [0.29, 0.717) is 18.1 Å². The topological polar surface area (TPSA) is 62.7 Å². The normalized spacial score (nSPS) is 12.1. The van der Waals surface area contributed by atoms with Crippen molar-refractivity contribution < 1.29 is 4.52 Å². The van der Waals surface area contributed by atoms with E-state index in [-0.39, 0.29) is 5.92 Å². The van der Waals surface area contributed by atoms with Gasteiger partial charge in [-0.05, 0) is 18.6 Å². The molecule has 92 valence electrons. The van der Waals surface area contributed by atoms with E-state index in [1.165, 1.54) is 0 Å². The summed E-state index contributed by atoms with van der Waals surface area (Å²) in [4.78, 5) is 4.38. The highest BCUT2D eigenvalue weighted by Crippen LogP contribution is 2.27. The van der Waals surface area contributed by atoms with Gasteiger partial charge in [-0.25, -0.2) is 0 Å². The maximum Gasteiger partial charge on any atom is 0.229 e. The first-order valence-electron chi connectivity index (χ1n) is 5.68. The summed E-state index contributed by atoms with van der Waals surface area (Å²) in [6.07, 6.45) is 1.22. The third-order valence-electron chi connectivity index (χ3n) is 2.67. The third-order valence-corrected chi connectivity index (χ3v) is 3.36. The first-order valence-corrected chi connectivity index (χ1v) is 6.47. The van der Waals surface area contributed by atoms with Crippen molar-refractivity contribution >= 4 is 15.9 Å². The Balaban J connectivity index is 2.21. The van der Waals surface area contributed by atoms with Gasteiger partial charge in [-0.3, -0.25) is 0 Å². The summed E-state index contributed by atoms with van der Waals surface area (Å²) in [5, 5.41) is 12.5. The number of halogens is 1. The molecule has 0 aliphatic heterocycles. The average molecular weight is 306 g/mol. The van der Waals surface area contributed by atoms with Crippen molar-refractivity contribution in [1.29, 1.82) is 5.26 Å². The Hall–Kier alpha value is -1.67. The molecule has 1 heterocycles. The van der Waals surface area contributed by atoms with Crippen molar-refractivity contribution in [1.82, 2.24) is 10.1 Å². The van der Waals surface area contributed by atoms with Crippen molar-refractivity contribution in [3.63, 3.8) is 0 Å². The molecule has 2 aromatic rings. The monoisotopic (exact) mass is 305 g/mol. The highest BCUT2D eigenvalue weighted by molar-refractivity contribution is 9.10. The van der Waals surface area contributed by atoms with E-state index in [2.05, 4.69) is 32.1 Å². The summed E-state index contributed by atoms with van der Waals surface area (Å²) in [5.74, 6) is 1.26. The van der Waals surface area contributed by atoms with Gasteiger partial charge in [0, 0.05) is 22.4 Å². The number of nitrogens with zero attached hydrogens (tertiary/aromatic N) is 3. The second-order valence-corrected chi connectivity index (χ2v) is 4.89. The molecule has 0 aliphatic carbocycles. The molecule has 1 unspecified atom stereocenters. The number of benzene rings is 1. The molecule has 0 N–H and O–H groups in total. The molecule has 0 saturated heterocycles. The zero-order valence-corrected chi connectivity index (χ0v) is 11.5. The lowest BCUT2D eigenvalue weighted by atomic mass is 10.1. The van der Waals surface area contributed by atoms with Gasteiger partial charge >= 0.3 is 0 Å². The molecule has 0 saturated carbocycles. The maximum atomic E-state index is 8.56. The van der Waals surface area contributed by atoms with Crippen molar-refractivity contribution in [3.8, 4) is 17.5 Å². The van der Waals surface area contributed by atoms with Gasteiger partial charge in [-0.15, -0.1) is 0 Å². The van der Waals surface area contributed by atoms with Gasteiger partial charge in [0.2, 0.25) is 11.7 Å².